The van der Waals surface area contributed by atoms with Gasteiger partial charge in [0.25, 0.3) is 10.0 Å². The second-order valence-electron chi connectivity index (χ2n) is 4.07. The molecule has 0 bridgehead atoms. The molecular formula is C12H9F2NO4S2. The number of sulfonamides is 1. The van der Waals surface area contributed by atoms with Gasteiger partial charge in [-0.15, -0.1) is 11.3 Å². The third kappa shape index (κ3) is 3.19. The van der Waals surface area contributed by atoms with E-state index in [2.05, 4.69) is 0 Å². The molecule has 2 N–H and O–H groups in total. The molecule has 5 nitrogen and oxygen atoms in total. The van der Waals surface area contributed by atoms with Gasteiger partial charge in [0.15, 0.2) is 0 Å². The highest BCUT2D eigenvalue weighted by molar-refractivity contribution is 7.93. The number of hydrogen-bond donors (Lipinski definition) is 2. The van der Waals surface area contributed by atoms with E-state index < -0.39 is 33.3 Å². The number of carboxylic acid groups (broad SMARTS) is 1. The van der Waals surface area contributed by atoms with Gasteiger partial charge >= 0.3 is 5.97 Å². The van der Waals surface area contributed by atoms with Crippen LogP contribution < -0.4 is 4.72 Å². The van der Waals surface area contributed by atoms with Gasteiger partial charge < -0.3 is 5.11 Å². The summed E-state index contributed by atoms with van der Waals surface area (Å²) in [4.78, 5) is 10.7. The summed E-state index contributed by atoms with van der Waals surface area (Å²) in [5.74, 6) is -3.15. The summed E-state index contributed by atoms with van der Waals surface area (Å²) in [5.41, 5.74) is -0.418. The maximum atomic E-state index is 13.5. The van der Waals surface area contributed by atoms with Crippen LogP contribution in [-0.2, 0) is 10.0 Å². The van der Waals surface area contributed by atoms with Crippen molar-refractivity contribution < 1.29 is 27.1 Å². The zero-order valence-corrected chi connectivity index (χ0v) is 12.2. The monoisotopic (exact) mass is 333 g/mol. The third-order valence-corrected chi connectivity index (χ3v) is 5.21. The number of carbonyl (C=O) groups is 1. The average Bonchev–Trinajstić information content (AvgIpc) is 2.76. The summed E-state index contributed by atoms with van der Waals surface area (Å²) in [6.07, 6.45) is 0. The Hall–Kier alpha value is -2.00. The second kappa shape index (κ2) is 5.41. The minimum atomic E-state index is -4.16. The van der Waals surface area contributed by atoms with E-state index in [9.17, 15) is 22.0 Å². The molecule has 21 heavy (non-hydrogen) atoms. The molecule has 2 aromatic rings. The number of nitrogens with one attached hydrogen (secondary N) is 1. The first-order valence-corrected chi connectivity index (χ1v) is 7.82. The minimum Gasteiger partial charge on any atom is -0.477 e. The lowest BCUT2D eigenvalue weighted by molar-refractivity contribution is 0.0702. The topological polar surface area (TPSA) is 83.5 Å². The molecule has 112 valence electrons. The van der Waals surface area contributed by atoms with Gasteiger partial charge in [-0.25, -0.2) is 22.0 Å². The van der Waals surface area contributed by atoms with E-state index in [-0.39, 0.29) is 14.6 Å². The second-order valence-corrected chi connectivity index (χ2v) is 6.97. The zero-order valence-electron chi connectivity index (χ0n) is 10.6. The lowest BCUT2D eigenvalue weighted by atomic mass is 10.3. The lowest BCUT2D eigenvalue weighted by Crippen LogP contribution is -2.14. The van der Waals surface area contributed by atoms with E-state index >= 15 is 0 Å². The predicted molar refractivity (Wildman–Crippen MR) is 73.2 cm³/mol. The Kier molecular flexibility index (Phi) is 3.97. The van der Waals surface area contributed by atoms with E-state index in [0.717, 1.165) is 29.5 Å². The van der Waals surface area contributed by atoms with E-state index in [1.165, 1.54) is 6.92 Å². The molecule has 0 atom stereocenters. The van der Waals surface area contributed by atoms with Crippen molar-refractivity contribution in [2.45, 2.75) is 11.8 Å². The Morgan fingerprint density at radius 1 is 1.29 bits per heavy atom. The Morgan fingerprint density at radius 3 is 2.48 bits per heavy atom. The van der Waals surface area contributed by atoms with Crippen molar-refractivity contribution in [2.24, 2.45) is 0 Å². The predicted octanol–water partition coefficient (Wildman–Crippen LogP) is 2.83. The molecule has 2 rings (SSSR count). The quantitative estimate of drug-likeness (QED) is 0.901. The molecular weight excluding hydrogens is 324 g/mol. The Morgan fingerprint density at radius 2 is 1.95 bits per heavy atom. The first-order valence-electron chi connectivity index (χ1n) is 5.52. The van der Waals surface area contributed by atoms with Gasteiger partial charge in [-0.3, -0.25) is 4.72 Å². The number of rotatable bonds is 4. The standard InChI is InChI=1S/C12H9F2NO4S2/c1-6-11(5-10(20-6)12(16)17)21(18,19)15-9-3-2-7(13)4-8(9)14/h2-5,15H,1H3,(H,16,17). The van der Waals surface area contributed by atoms with Crippen molar-refractivity contribution in [3.63, 3.8) is 0 Å². The number of hydrogen-bond acceptors (Lipinski definition) is 4. The molecule has 0 radical (unpaired) electrons. The van der Waals surface area contributed by atoms with E-state index in [0.29, 0.717) is 6.07 Å². The molecule has 1 heterocycles. The molecule has 0 spiro atoms. The minimum absolute atomic E-state index is 0.146. The van der Waals surface area contributed by atoms with Crippen LogP contribution in [0.4, 0.5) is 14.5 Å². The normalized spacial score (nSPS) is 11.4. The average molecular weight is 333 g/mol. The summed E-state index contributed by atoms with van der Waals surface area (Å²) >= 11 is 0.794. The van der Waals surface area contributed by atoms with Crippen LogP contribution in [0.2, 0.25) is 0 Å². The van der Waals surface area contributed by atoms with Crippen molar-refractivity contribution in [1.82, 2.24) is 0 Å². The van der Waals surface area contributed by atoms with Gasteiger partial charge in [0.05, 0.1) is 5.69 Å². The highest BCUT2D eigenvalue weighted by Crippen LogP contribution is 2.28. The highest BCUT2D eigenvalue weighted by Gasteiger charge is 2.23. The van der Waals surface area contributed by atoms with Crippen LogP contribution in [0.25, 0.3) is 0 Å². The highest BCUT2D eigenvalue weighted by atomic mass is 32.2. The van der Waals surface area contributed by atoms with Crippen LogP contribution in [0.15, 0.2) is 29.2 Å². The van der Waals surface area contributed by atoms with Crippen LogP contribution in [0.1, 0.15) is 14.5 Å². The van der Waals surface area contributed by atoms with Crippen LogP contribution in [-0.4, -0.2) is 19.5 Å². The molecule has 0 saturated heterocycles. The lowest BCUT2D eigenvalue weighted by Gasteiger charge is -2.08. The van der Waals surface area contributed by atoms with E-state index in [4.69, 9.17) is 5.11 Å². The summed E-state index contributed by atoms with van der Waals surface area (Å²) in [5, 5.41) is 8.85. The molecule has 0 amide bonds. The van der Waals surface area contributed by atoms with Crippen LogP contribution in [0.3, 0.4) is 0 Å². The molecule has 0 saturated carbocycles. The number of aromatic carboxylic acids is 1. The van der Waals surface area contributed by atoms with Gasteiger partial charge in [-0.2, -0.15) is 0 Å². The van der Waals surface area contributed by atoms with Crippen LogP contribution in [0.5, 0.6) is 0 Å². The van der Waals surface area contributed by atoms with Gasteiger partial charge in [0.1, 0.15) is 21.4 Å². The molecule has 1 aromatic heterocycles. The number of benzene rings is 1. The zero-order chi connectivity index (χ0) is 15.8. The van der Waals surface area contributed by atoms with E-state index in [1.54, 1.807) is 0 Å². The van der Waals surface area contributed by atoms with Crippen molar-refractivity contribution in [3.8, 4) is 0 Å². The largest absolute Gasteiger partial charge is 0.477 e. The van der Waals surface area contributed by atoms with Crippen molar-refractivity contribution in [2.75, 3.05) is 4.72 Å². The Bertz CT molecular complexity index is 815. The maximum absolute atomic E-state index is 13.5. The molecule has 0 aliphatic rings. The van der Waals surface area contributed by atoms with Crippen LogP contribution in [0, 0.1) is 18.6 Å². The van der Waals surface area contributed by atoms with Gasteiger partial charge in [0, 0.05) is 10.9 Å². The Balaban J connectivity index is 2.41. The first-order chi connectivity index (χ1) is 9.70. The number of carboxylic acids is 1. The molecule has 9 heteroatoms. The molecule has 0 aliphatic carbocycles. The molecule has 0 aliphatic heterocycles. The van der Waals surface area contributed by atoms with Gasteiger partial charge in [-0.05, 0) is 25.1 Å². The van der Waals surface area contributed by atoms with Gasteiger partial charge in [0.2, 0.25) is 0 Å². The van der Waals surface area contributed by atoms with Crippen molar-refractivity contribution >= 4 is 33.0 Å². The van der Waals surface area contributed by atoms with Crippen LogP contribution >= 0.6 is 11.3 Å². The molecule has 1 aromatic carbocycles. The maximum Gasteiger partial charge on any atom is 0.345 e. The third-order valence-electron chi connectivity index (χ3n) is 2.55. The fourth-order valence-electron chi connectivity index (χ4n) is 1.61. The number of aryl methyl sites for hydroxylation is 1. The number of halogens is 2. The van der Waals surface area contributed by atoms with Gasteiger partial charge in [-0.1, -0.05) is 0 Å². The van der Waals surface area contributed by atoms with Crippen molar-refractivity contribution in [1.29, 1.82) is 0 Å². The van der Waals surface area contributed by atoms with E-state index in [1.807, 2.05) is 4.72 Å². The summed E-state index contributed by atoms with van der Waals surface area (Å²) in [7, 11) is -4.16. The molecule has 0 fully saturated rings. The fourth-order valence-corrected chi connectivity index (χ4v) is 4.11. The number of anilines is 1. The SMILES string of the molecule is Cc1sc(C(=O)O)cc1S(=O)(=O)Nc1ccc(F)cc1F. The molecule has 0 unspecified atom stereocenters. The Labute approximate surface area is 122 Å². The first kappa shape index (κ1) is 15.4. The fraction of sp³-hybridized carbons (Fsp3) is 0.0833. The number of thiophene rings is 1. The summed E-state index contributed by atoms with van der Waals surface area (Å²) in [6, 6.07) is 3.39. The summed E-state index contributed by atoms with van der Waals surface area (Å²) < 4.78 is 52.5. The smallest absolute Gasteiger partial charge is 0.345 e. The van der Waals surface area contributed by atoms with Crippen molar-refractivity contribution in [3.05, 3.63) is 45.7 Å². The summed E-state index contributed by atoms with van der Waals surface area (Å²) in [6.45, 7) is 1.44.